The summed E-state index contributed by atoms with van der Waals surface area (Å²) in [7, 11) is 0. The Labute approximate surface area is 107 Å². The predicted octanol–water partition coefficient (Wildman–Crippen LogP) is 4.84. The highest BCUT2D eigenvalue weighted by Crippen LogP contribution is 1.97. The number of aryl methyl sites for hydroxylation is 1. The average Bonchev–Trinajstić information content (AvgIpc) is 2.30. The van der Waals surface area contributed by atoms with E-state index in [2.05, 4.69) is 39.8 Å². The molecular formula is C16H28O. The first-order chi connectivity index (χ1) is 8.16. The van der Waals surface area contributed by atoms with Gasteiger partial charge >= 0.3 is 0 Å². The van der Waals surface area contributed by atoms with Crippen LogP contribution in [0.15, 0.2) is 30.3 Å². The minimum absolute atomic E-state index is 0.682. The van der Waals surface area contributed by atoms with Gasteiger partial charge in [-0.2, -0.15) is 0 Å². The number of benzene rings is 1. The fourth-order valence-corrected chi connectivity index (χ4v) is 1.31. The topological polar surface area (TPSA) is 9.23 Å². The van der Waals surface area contributed by atoms with E-state index in [1.807, 2.05) is 18.2 Å². The second-order valence-electron chi connectivity index (χ2n) is 4.83. The molecule has 0 aliphatic carbocycles. The van der Waals surface area contributed by atoms with E-state index in [9.17, 15) is 0 Å². The molecule has 1 nitrogen and oxygen atoms in total. The molecule has 0 bridgehead atoms. The maximum Gasteiger partial charge on any atom is 0.0488 e. The van der Waals surface area contributed by atoms with E-state index in [0.29, 0.717) is 5.92 Å². The van der Waals surface area contributed by atoms with Crippen molar-refractivity contribution in [2.24, 2.45) is 5.92 Å². The summed E-state index contributed by atoms with van der Waals surface area (Å²) in [5.74, 6) is 0.682. The second kappa shape index (κ2) is 11.7. The third-order valence-electron chi connectivity index (χ3n) is 2.28. The second-order valence-corrected chi connectivity index (χ2v) is 4.83. The van der Waals surface area contributed by atoms with Crippen LogP contribution in [0.25, 0.3) is 0 Å². The Morgan fingerprint density at radius 2 is 1.71 bits per heavy atom. The molecular weight excluding hydrogens is 208 g/mol. The van der Waals surface area contributed by atoms with Gasteiger partial charge in [-0.1, -0.05) is 69.5 Å². The Kier molecular flexibility index (Phi) is 11.1. The lowest BCUT2D eigenvalue weighted by Gasteiger charge is -2.05. The molecule has 1 aromatic rings. The van der Waals surface area contributed by atoms with E-state index in [-0.39, 0.29) is 0 Å². The fraction of sp³-hybridized carbons (Fsp3) is 0.625. The number of hydrogen-bond donors (Lipinski definition) is 0. The highest BCUT2D eigenvalue weighted by Gasteiger charge is 1.92. The summed E-state index contributed by atoms with van der Waals surface area (Å²) in [6, 6.07) is 10.3. The lowest BCUT2D eigenvalue weighted by atomic mass is 10.2. The molecule has 1 rings (SSSR count). The summed E-state index contributed by atoms with van der Waals surface area (Å²) in [4.78, 5) is 0. The Hall–Kier alpha value is -0.820. The van der Waals surface area contributed by atoms with Crippen molar-refractivity contribution in [2.75, 3.05) is 13.2 Å². The van der Waals surface area contributed by atoms with Crippen molar-refractivity contribution in [3.05, 3.63) is 35.9 Å². The lowest BCUT2D eigenvalue weighted by molar-refractivity contribution is 0.106. The van der Waals surface area contributed by atoms with Crippen molar-refractivity contribution in [1.29, 1.82) is 0 Å². The van der Waals surface area contributed by atoms with Crippen LogP contribution in [0.4, 0.5) is 0 Å². The highest BCUT2D eigenvalue weighted by atomic mass is 16.5. The minimum atomic E-state index is 0.682. The molecule has 0 heterocycles. The standard InChI is InChI=1S/C9H20O.C7H8/c1-4-5-6-7-10-8-9(2)3;1-7-5-3-2-4-6-7/h9H,4-8H2,1-3H3;2-6H,1H3. The Morgan fingerprint density at radius 1 is 1.06 bits per heavy atom. The van der Waals surface area contributed by atoms with E-state index < -0.39 is 0 Å². The van der Waals surface area contributed by atoms with Crippen molar-refractivity contribution >= 4 is 0 Å². The first kappa shape index (κ1) is 16.2. The van der Waals surface area contributed by atoms with E-state index in [1.54, 1.807) is 0 Å². The molecule has 0 N–H and O–H groups in total. The predicted molar refractivity (Wildman–Crippen MR) is 76.4 cm³/mol. The van der Waals surface area contributed by atoms with Gasteiger partial charge in [0.1, 0.15) is 0 Å². The van der Waals surface area contributed by atoms with Crippen molar-refractivity contribution < 1.29 is 4.74 Å². The zero-order valence-corrected chi connectivity index (χ0v) is 11.9. The van der Waals surface area contributed by atoms with Crippen molar-refractivity contribution in [1.82, 2.24) is 0 Å². The molecule has 1 heteroatoms. The molecule has 0 aromatic heterocycles. The molecule has 0 radical (unpaired) electrons. The molecule has 1 aromatic carbocycles. The van der Waals surface area contributed by atoms with Gasteiger partial charge < -0.3 is 4.74 Å². The zero-order chi connectivity index (χ0) is 12.9. The smallest absolute Gasteiger partial charge is 0.0488 e. The molecule has 0 atom stereocenters. The van der Waals surface area contributed by atoms with Crippen LogP contribution in [0.3, 0.4) is 0 Å². The van der Waals surface area contributed by atoms with Gasteiger partial charge in [0.05, 0.1) is 0 Å². The van der Waals surface area contributed by atoms with Gasteiger partial charge in [-0.05, 0) is 19.3 Å². The molecule has 0 fully saturated rings. The molecule has 17 heavy (non-hydrogen) atoms. The quantitative estimate of drug-likeness (QED) is 0.642. The maximum atomic E-state index is 5.40. The third kappa shape index (κ3) is 13.1. The highest BCUT2D eigenvalue weighted by molar-refractivity contribution is 5.11. The summed E-state index contributed by atoms with van der Waals surface area (Å²) in [6.45, 7) is 10.5. The molecule has 0 spiro atoms. The average molecular weight is 236 g/mol. The fourth-order valence-electron chi connectivity index (χ4n) is 1.31. The van der Waals surface area contributed by atoms with Crippen LogP contribution in [0.2, 0.25) is 0 Å². The van der Waals surface area contributed by atoms with Crippen LogP contribution in [0.1, 0.15) is 45.6 Å². The molecule has 0 saturated carbocycles. The van der Waals surface area contributed by atoms with E-state index in [1.165, 1.54) is 24.8 Å². The molecule has 98 valence electrons. The SMILES string of the molecule is CCCCCOCC(C)C.Cc1ccccc1. The van der Waals surface area contributed by atoms with Gasteiger partial charge in [0, 0.05) is 13.2 Å². The summed E-state index contributed by atoms with van der Waals surface area (Å²) >= 11 is 0. The molecule has 0 aliphatic heterocycles. The van der Waals surface area contributed by atoms with Gasteiger partial charge in [0.2, 0.25) is 0 Å². The van der Waals surface area contributed by atoms with Crippen LogP contribution in [-0.2, 0) is 4.74 Å². The van der Waals surface area contributed by atoms with Crippen LogP contribution in [0, 0.1) is 12.8 Å². The number of rotatable bonds is 6. The molecule has 0 amide bonds. The monoisotopic (exact) mass is 236 g/mol. The number of ether oxygens (including phenoxy) is 1. The van der Waals surface area contributed by atoms with Gasteiger partial charge in [-0.3, -0.25) is 0 Å². The normalized spacial score (nSPS) is 9.94. The largest absolute Gasteiger partial charge is 0.381 e. The van der Waals surface area contributed by atoms with E-state index in [0.717, 1.165) is 13.2 Å². The van der Waals surface area contributed by atoms with Crippen molar-refractivity contribution in [3.63, 3.8) is 0 Å². The van der Waals surface area contributed by atoms with E-state index in [4.69, 9.17) is 4.74 Å². The van der Waals surface area contributed by atoms with Crippen molar-refractivity contribution in [3.8, 4) is 0 Å². The van der Waals surface area contributed by atoms with Gasteiger partial charge in [0.25, 0.3) is 0 Å². The summed E-state index contributed by atoms with van der Waals surface area (Å²) in [5.41, 5.74) is 1.32. The maximum absolute atomic E-state index is 5.40. The Morgan fingerprint density at radius 3 is 2.12 bits per heavy atom. The number of unbranched alkanes of at least 4 members (excludes halogenated alkanes) is 2. The first-order valence-electron chi connectivity index (χ1n) is 6.76. The molecule has 0 unspecified atom stereocenters. The van der Waals surface area contributed by atoms with Gasteiger partial charge in [0.15, 0.2) is 0 Å². The Balaban J connectivity index is 0.000000318. The third-order valence-corrected chi connectivity index (χ3v) is 2.28. The summed E-state index contributed by atoms with van der Waals surface area (Å²) < 4.78 is 5.40. The first-order valence-corrected chi connectivity index (χ1v) is 6.76. The lowest BCUT2D eigenvalue weighted by Crippen LogP contribution is -2.02. The van der Waals surface area contributed by atoms with Crippen molar-refractivity contribution in [2.45, 2.75) is 47.0 Å². The van der Waals surface area contributed by atoms with E-state index >= 15 is 0 Å². The van der Waals surface area contributed by atoms with Crippen LogP contribution in [0.5, 0.6) is 0 Å². The van der Waals surface area contributed by atoms with Gasteiger partial charge in [-0.15, -0.1) is 0 Å². The summed E-state index contributed by atoms with van der Waals surface area (Å²) in [5, 5.41) is 0. The van der Waals surface area contributed by atoms with Crippen LogP contribution >= 0.6 is 0 Å². The van der Waals surface area contributed by atoms with Crippen LogP contribution in [-0.4, -0.2) is 13.2 Å². The minimum Gasteiger partial charge on any atom is -0.381 e. The zero-order valence-electron chi connectivity index (χ0n) is 11.9. The Bertz CT molecular complexity index is 241. The number of hydrogen-bond acceptors (Lipinski definition) is 1. The van der Waals surface area contributed by atoms with Gasteiger partial charge in [-0.25, -0.2) is 0 Å². The molecule has 0 aliphatic rings. The van der Waals surface area contributed by atoms with Crippen LogP contribution < -0.4 is 0 Å². The molecule has 0 saturated heterocycles. The summed E-state index contributed by atoms with van der Waals surface area (Å²) in [6.07, 6.45) is 3.81.